The third-order valence-electron chi connectivity index (χ3n) is 3.09. The van der Waals surface area contributed by atoms with Crippen molar-refractivity contribution >= 4 is 11.6 Å². The van der Waals surface area contributed by atoms with Crippen LogP contribution in [0.25, 0.3) is 0 Å². The summed E-state index contributed by atoms with van der Waals surface area (Å²) >= 11 is 0. The first kappa shape index (κ1) is 14.8. The molecule has 0 saturated carbocycles. The van der Waals surface area contributed by atoms with Crippen molar-refractivity contribution in [3.05, 3.63) is 59.4 Å². The molecule has 4 nitrogen and oxygen atoms in total. The van der Waals surface area contributed by atoms with Crippen molar-refractivity contribution in [1.29, 1.82) is 0 Å². The number of benzene rings is 2. The number of hydrogen-bond acceptors (Lipinski definition) is 3. The molecule has 0 saturated heterocycles. The van der Waals surface area contributed by atoms with Crippen molar-refractivity contribution in [3.63, 3.8) is 0 Å². The molecule has 0 atom stereocenters. The molecule has 0 bridgehead atoms. The molecule has 0 aliphatic carbocycles. The van der Waals surface area contributed by atoms with Crippen molar-refractivity contribution in [2.45, 2.75) is 6.54 Å². The summed E-state index contributed by atoms with van der Waals surface area (Å²) in [6, 6.07) is 11.6. The number of rotatable bonds is 5. The zero-order chi connectivity index (χ0) is 15.2. The van der Waals surface area contributed by atoms with Crippen LogP contribution < -0.4 is 15.4 Å². The minimum absolute atomic E-state index is 0.116. The zero-order valence-corrected chi connectivity index (χ0v) is 11.9. The van der Waals surface area contributed by atoms with E-state index in [2.05, 4.69) is 10.6 Å². The van der Waals surface area contributed by atoms with E-state index in [0.29, 0.717) is 23.5 Å². The molecule has 0 unspecified atom stereocenters. The lowest BCUT2D eigenvalue weighted by Gasteiger charge is -2.11. The predicted molar refractivity (Wildman–Crippen MR) is 80.1 cm³/mol. The Morgan fingerprint density at radius 3 is 2.52 bits per heavy atom. The van der Waals surface area contributed by atoms with Crippen molar-refractivity contribution in [3.8, 4) is 5.75 Å². The van der Waals surface area contributed by atoms with Gasteiger partial charge in [-0.1, -0.05) is 12.1 Å². The van der Waals surface area contributed by atoms with Crippen molar-refractivity contribution in [1.82, 2.24) is 5.32 Å². The minimum atomic E-state index is -0.340. The van der Waals surface area contributed by atoms with Crippen LogP contribution in [0, 0.1) is 5.82 Å². The van der Waals surface area contributed by atoms with Crippen LogP contribution in [-0.2, 0) is 6.54 Å². The van der Waals surface area contributed by atoms with Crippen LogP contribution in [0.5, 0.6) is 5.75 Å². The summed E-state index contributed by atoms with van der Waals surface area (Å²) in [7, 11) is 3.09. The summed E-state index contributed by atoms with van der Waals surface area (Å²) < 4.78 is 18.2. The topological polar surface area (TPSA) is 50.4 Å². The van der Waals surface area contributed by atoms with Crippen LogP contribution in [0.3, 0.4) is 0 Å². The van der Waals surface area contributed by atoms with E-state index in [1.165, 1.54) is 19.2 Å². The van der Waals surface area contributed by atoms with E-state index in [9.17, 15) is 9.18 Å². The molecule has 2 aromatic carbocycles. The maximum atomic E-state index is 13.1. The molecule has 0 fully saturated rings. The summed E-state index contributed by atoms with van der Waals surface area (Å²) in [5, 5.41) is 5.75. The first-order chi connectivity index (χ1) is 10.1. The number of methoxy groups -OCH3 is 1. The number of nitrogens with one attached hydrogen (secondary N) is 2. The van der Waals surface area contributed by atoms with Gasteiger partial charge < -0.3 is 15.4 Å². The number of anilines is 1. The van der Waals surface area contributed by atoms with Gasteiger partial charge in [-0.2, -0.15) is 0 Å². The third kappa shape index (κ3) is 3.72. The van der Waals surface area contributed by atoms with Crippen molar-refractivity contribution in [2.24, 2.45) is 0 Å². The zero-order valence-electron chi connectivity index (χ0n) is 11.9. The SMILES string of the molecule is CNC(=O)c1ccc(CNc2ccc(F)cc2OC)cc1. The number of carbonyl (C=O) groups excluding carboxylic acids is 1. The van der Waals surface area contributed by atoms with Gasteiger partial charge in [0.2, 0.25) is 0 Å². The molecule has 5 heteroatoms. The Morgan fingerprint density at radius 2 is 1.90 bits per heavy atom. The first-order valence-corrected chi connectivity index (χ1v) is 6.52. The van der Waals surface area contributed by atoms with Gasteiger partial charge in [0.1, 0.15) is 11.6 Å². The normalized spacial score (nSPS) is 10.0. The highest BCUT2D eigenvalue weighted by atomic mass is 19.1. The van der Waals surface area contributed by atoms with E-state index in [0.717, 1.165) is 5.56 Å². The number of amides is 1. The summed E-state index contributed by atoms with van der Waals surface area (Å²) in [6.07, 6.45) is 0. The Kier molecular flexibility index (Phi) is 4.77. The molecule has 1 amide bonds. The maximum Gasteiger partial charge on any atom is 0.251 e. The lowest BCUT2D eigenvalue weighted by atomic mass is 10.1. The summed E-state index contributed by atoms with van der Waals surface area (Å²) in [4.78, 5) is 11.4. The van der Waals surface area contributed by atoms with Gasteiger partial charge in [0.25, 0.3) is 5.91 Å². The lowest BCUT2D eigenvalue weighted by Crippen LogP contribution is -2.17. The second kappa shape index (κ2) is 6.74. The predicted octanol–water partition coefficient (Wildman–Crippen LogP) is 2.81. The first-order valence-electron chi connectivity index (χ1n) is 6.52. The van der Waals surface area contributed by atoms with Crippen molar-refractivity contribution in [2.75, 3.05) is 19.5 Å². The Bertz CT molecular complexity index is 627. The Labute approximate surface area is 122 Å². The van der Waals surface area contributed by atoms with Crippen LogP contribution in [0.1, 0.15) is 15.9 Å². The molecule has 110 valence electrons. The van der Waals surface area contributed by atoms with E-state index in [1.807, 2.05) is 12.1 Å². The van der Waals surface area contributed by atoms with Gasteiger partial charge >= 0.3 is 0 Å². The highest BCUT2D eigenvalue weighted by Gasteiger charge is 2.05. The average molecular weight is 288 g/mol. The Balaban J connectivity index is 2.05. The molecule has 0 aliphatic rings. The fraction of sp³-hybridized carbons (Fsp3) is 0.188. The molecule has 0 aliphatic heterocycles. The van der Waals surface area contributed by atoms with Crippen LogP contribution in [0.4, 0.5) is 10.1 Å². The standard InChI is InChI=1S/C16H17FN2O2/c1-18-16(20)12-5-3-11(4-6-12)10-19-14-8-7-13(17)9-15(14)21-2/h3-9,19H,10H2,1-2H3,(H,18,20). The van der Waals surface area contributed by atoms with Crippen LogP contribution >= 0.6 is 0 Å². The molecular formula is C16H17FN2O2. The van der Waals surface area contributed by atoms with E-state index in [-0.39, 0.29) is 11.7 Å². The summed E-state index contributed by atoms with van der Waals surface area (Å²) in [5.74, 6) is -0.000903. The largest absolute Gasteiger partial charge is 0.494 e. The van der Waals surface area contributed by atoms with Crippen LogP contribution in [-0.4, -0.2) is 20.1 Å². The summed E-state index contributed by atoms with van der Waals surface area (Å²) in [6.45, 7) is 0.552. The van der Waals surface area contributed by atoms with Crippen LogP contribution in [0.15, 0.2) is 42.5 Å². The molecule has 21 heavy (non-hydrogen) atoms. The van der Waals surface area contributed by atoms with Crippen molar-refractivity contribution < 1.29 is 13.9 Å². The second-order valence-corrected chi connectivity index (χ2v) is 4.47. The van der Waals surface area contributed by atoms with Gasteiger partial charge in [-0.25, -0.2) is 4.39 Å². The highest BCUT2D eigenvalue weighted by Crippen LogP contribution is 2.25. The lowest BCUT2D eigenvalue weighted by molar-refractivity contribution is 0.0963. The fourth-order valence-corrected chi connectivity index (χ4v) is 1.93. The molecule has 0 aromatic heterocycles. The fourth-order valence-electron chi connectivity index (χ4n) is 1.93. The van der Waals surface area contributed by atoms with Crippen LogP contribution in [0.2, 0.25) is 0 Å². The molecular weight excluding hydrogens is 271 g/mol. The number of ether oxygens (including phenoxy) is 1. The molecule has 0 heterocycles. The van der Waals surface area contributed by atoms with Gasteiger partial charge in [0.15, 0.2) is 0 Å². The van der Waals surface area contributed by atoms with Gasteiger partial charge in [-0.15, -0.1) is 0 Å². The molecule has 0 spiro atoms. The van der Waals surface area contributed by atoms with Gasteiger partial charge in [-0.05, 0) is 29.8 Å². The number of halogens is 1. The second-order valence-electron chi connectivity index (χ2n) is 4.47. The molecule has 2 rings (SSSR count). The third-order valence-corrected chi connectivity index (χ3v) is 3.09. The number of hydrogen-bond donors (Lipinski definition) is 2. The van der Waals surface area contributed by atoms with E-state index >= 15 is 0 Å². The van der Waals surface area contributed by atoms with Gasteiger partial charge in [0, 0.05) is 25.2 Å². The molecule has 2 aromatic rings. The van der Waals surface area contributed by atoms with E-state index < -0.39 is 0 Å². The summed E-state index contributed by atoms with van der Waals surface area (Å²) in [5.41, 5.74) is 2.34. The smallest absolute Gasteiger partial charge is 0.251 e. The maximum absolute atomic E-state index is 13.1. The Hall–Kier alpha value is -2.56. The number of carbonyl (C=O) groups is 1. The van der Waals surface area contributed by atoms with E-state index in [1.54, 1.807) is 25.2 Å². The molecule has 2 N–H and O–H groups in total. The van der Waals surface area contributed by atoms with Gasteiger partial charge in [0.05, 0.1) is 12.8 Å². The van der Waals surface area contributed by atoms with Gasteiger partial charge in [-0.3, -0.25) is 4.79 Å². The highest BCUT2D eigenvalue weighted by molar-refractivity contribution is 5.93. The quantitative estimate of drug-likeness (QED) is 0.889. The minimum Gasteiger partial charge on any atom is -0.494 e. The molecule has 0 radical (unpaired) electrons. The van der Waals surface area contributed by atoms with E-state index in [4.69, 9.17) is 4.74 Å². The average Bonchev–Trinajstić information content (AvgIpc) is 2.53. The Morgan fingerprint density at radius 1 is 1.19 bits per heavy atom. The monoisotopic (exact) mass is 288 g/mol.